The van der Waals surface area contributed by atoms with Gasteiger partial charge in [-0.3, -0.25) is 4.79 Å². The lowest BCUT2D eigenvalue weighted by molar-refractivity contribution is 0.439. The normalized spacial score (nSPS) is 10.4. The summed E-state index contributed by atoms with van der Waals surface area (Å²) in [6.07, 6.45) is 1.56. The maximum absolute atomic E-state index is 11.0. The number of nitrogens with zero attached hydrogens (tertiary/aromatic N) is 1. The van der Waals surface area contributed by atoms with Gasteiger partial charge in [0.25, 0.3) is 0 Å². The predicted molar refractivity (Wildman–Crippen MR) is 51.7 cm³/mol. The highest BCUT2D eigenvalue weighted by molar-refractivity contribution is 5.65. The highest BCUT2D eigenvalue weighted by Crippen LogP contribution is 2.24. The average Bonchev–Trinajstić information content (AvgIpc) is 2.48. The third-order valence-corrected chi connectivity index (χ3v) is 2.01. The van der Waals surface area contributed by atoms with E-state index in [4.69, 9.17) is 10.3 Å². The molecule has 5 nitrogen and oxygen atoms in total. The zero-order valence-electron chi connectivity index (χ0n) is 7.57. The lowest BCUT2D eigenvalue weighted by Crippen LogP contribution is -2.02. The monoisotopic (exact) mass is 191 g/mol. The average molecular weight is 191 g/mol. The zero-order chi connectivity index (χ0) is 10.1. The molecule has 0 amide bonds. The minimum absolute atomic E-state index is 0.177. The Labute approximate surface area is 79.5 Å². The van der Waals surface area contributed by atoms with E-state index < -0.39 is 0 Å². The summed E-state index contributed by atoms with van der Waals surface area (Å²) >= 11 is 0. The van der Waals surface area contributed by atoms with Gasteiger partial charge in [-0.05, 0) is 13.0 Å². The molecule has 0 saturated carbocycles. The van der Waals surface area contributed by atoms with Crippen LogP contribution in [-0.2, 0) is 0 Å². The summed E-state index contributed by atoms with van der Waals surface area (Å²) in [6.45, 7) is 1.79. The largest absolute Gasteiger partial charge is 0.367 e. The molecular formula is C9H9N3O2. The van der Waals surface area contributed by atoms with Crippen molar-refractivity contribution in [3.63, 3.8) is 0 Å². The van der Waals surface area contributed by atoms with Gasteiger partial charge < -0.3 is 15.2 Å². The number of aromatic amines is 1. The summed E-state index contributed by atoms with van der Waals surface area (Å²) in [5.74, 6) is 0.278. The molecule has 0 unspecified atom stereocenters. The first kappa shape index (κ1) is 8.55. The van der Waals surface area contributed by atoms with Crippen LogP contribution in [0, 0.1) is 6.92 Å². The molecule has 14 heavy (non-hydrogen) atoms. The van der Waals surface area contributed by atoms with E-state index >= 15 is 0 Å². The molecule has 0 saturated heterocycles. The van der Waals surface area contributed by atoms with Gasteiger partial charge in [-0.15, -0.1) is 0 Å². The summed E-state index contributed by atoms with van der Waals surface area (Å²) in [5.41, 5.74) is 7.38. The van der Waals surface area contributed by atoms with Crippen molar-refractivity contribution in [1.29, 1.82) is 0 Å². The van der Waals surface area contributed by atoms with Crippen LogP contribution < -0.4 is 11.3 Å². The molecule has 2 aromatic heterocycles. The van der Waals surface area contributed by atoms with Crippen LogP contribution in [0.5, 0.6) is 0 Å². The number of hydrogen-bond acceptors (Lipinski definition) is 4. The van der Waals surface area contributed by atoms with Gasteiger partial charge in [0.15, 0.2) is 0 Å². The number of rotatable bonds is 1. The van der Waals surface area contributed by atoms with Gasteiger partial charge >= 0.3 is 0 Å². The summed E-state index contributed by atoms with van der Waals surface area (Å²) in [4.78, 5) is 13.6. The van der Waals surface area contributed by atoms with E-state index in [9.17, 15) is 4.79 Å². The van der Waals surface area contributed by atoms with E-state index in [0.29, 0.717) is 11.3 Å². The van der Waals surface area contributed by atoms with Crippen molar-refractivity contribution >= 4 is 5.88 Å². The van der Waals surface area contributed by atoms with E-state index in [1.165, 1.54) is 6.07 Å². The van der Waals surface area contributed by atoms with Crippen LogP contribution in [-0.4, -0.2) is 10.1 Å². The molecule has 72 valence electrons. The molecule has 0 aliphatic carbocycles. The molecule has 0 spiro atoms. The molecule has 3 N–H and O–H groups in total. The third kappa shape index (κ3) is 1.28. The molecule has 0 aliphatic heterocycles. The fraction of sp³-hybridized carbons (Fsp3) is 0.111. The fourth-order valence-electron chi connectivity index (χ4n) is 1.21. The van der Waals surface area contributed by atoms with Gasteiger partial charge in [0.1, 0.15) is 5.69 Å². The minimum Gasteiger partial charge on any atom is -0.367 e. The number of anilines is 1. The Bertz CT molecular complexity index is 513. The second-order valence-corrected chi connectivity index (χ2v) is 2.96. The van der Waals surface area contributed by atoms with E-state index in [2.05, 4.69) is 10.1 Å². The van der Waals surface area contributed by atoms with Crippen molar-refractivity contribution in [2.75, 3.05) is 5.73 Å². The lowest BCUT2D eigenvalue weighted by atomic mass is 10.1. The third-order valence-electron chi connectivity index (χ3n) is 2.01. The molecule has 0 aromatic carbocycles. The molecule has 5 heteroatoms. The number of hydrogen-bond donors (Lipinski definition) is 2. The Morgan fingerprint density at radius 3 is 2.93 bits per heavy atom. The van der Waals surface area contributed by atoms with Crippen LogP contribution in [0.15, 0.2) is 27.6 Å². The molecule has 2 aromatic rings. The number of nitrogens with two attached hydrogens (primary N) is 1. The topological polar surface area (TPSA) is 84.9 Å². The first-order valence-corrected chi connectivity index (χ1v) is 4.09. The van der Waals surface area contributed by atoms with Gasteiger partial charge in [-0.25, -0.2) is 0 Å². The van der Waals surface area contributed by atoms with Crippen molar-refractivity contribution in [1.82, 2.24) is 10.1 Å². The molecule has 2 rings (SSSR count). The summed E-state index contributed by atoms with van der Waals surface area (Å²) in [6, 6.07) is 3.19. The van der Waals surface area contributed by atoms with Crippen LogP contribution in [0.2, 0.25) is 0 Å². The van der Waals surface area contributed by atoms with Gasteiger partial charge in [0.2, 0.25) is 11.4 Å². The van der Waals surface area contributed by atoms with E-state index in [1.54, 1.807) is 19.2 Å². The van der Waals surface area contributed by atoms with Crippen molar-refractivity contribution < 1.29 is 4.52 Å². The Hall–Kier alpha value is -2.04. The second-order valence-electron chi connectivity index (χ2n) is 2.96. The van der Waals surface area contributed by atoms with Crippen LogP contribution in [0.4, 0.5) is 5.88 Å². The smallest absolute Gasteiger partial charge is 0.248 e. The number of pyridine rings is 1. The van der Waals surface area contributed by atoms with Gasteiger partial charge in [0, 0.05) is 23.4 Å². The highest BCUT2D eigenvalue weighted by Gasteiger charge is 2.10. The second kappa shape index (κ2) is 3.02. The van der Waals surface area contributed by atoms with Crippen molar-refractivity contribution in [3.8, 4) is 11.3 Å². The van der Waals surface area contributed by atoms with Gasteiger partial charge in [0.05, 0.1) is 0 Å². The van der Waals surface area contributed by atoms with E-state index in [1.807, 2.05) is 0 Å². The van der Waals surface area contributed by atoms with Crippen molar-refractivity contribution in [2.45, 2.75) is 6.92 Å². The molecule has 0 fully saturated rings. The van der Waals surface area contributed by atoms with Gasteiger partial charge in [-0.1, -0.05) is 5.16 Å². The fourth-order valence-corrected chi connectivity index (χ4v) is 1.21. The van der Waals surface area contributed by atoms with Gasteiger partial charge in [-0.2, -0.15) is 0 Å². The molecule has 0 aliphatic rings. The SMILES string of the molecule is Cc1c(-c2cc[nH]c(=O)c2)noc1N. The molecular weight excluding hydrogens is 182 g/mol. The standard InChI is InChI=1S/C9H9N3O2/c1-5-8(12-14-9(5)10)6-2-3-11-7(13)4-6/h2-4H,10H2,1H3,(H,11,13). The Morgan fingerprint density at radius 2 is 2.36 bits per heavy atom. The molecule has 0 radical (unpaired) electrons. The van der Waals surface area contributed by atoms with Crippen LogP contribution >= 0.6 is 0 Å². The van der Waals surface area contributed by atoms with Crippen LogP contribution in [0.3, 0.4) is 0 Å². The number of nitrogen functional groups attached to an aromatic ring is 1. The lowest BCUT2D eigenvalue weighted by Gasteiger charge is -1.94. The molecule has 0 atom stereocenters. The van der Waals surface area contributed by atoms with Crippen molar-refractivity contribution in [3.05, 3.63) is 34.2 Å². The Morgan fingerprint density at radius 1 is 1.57 bits per heavy atom. The Balaban J connectivity index is 2.60. The maximum atomic E-state index is 11.0. The van der Waals surface area contributed by atoms with Crippen LogP contribution in [0.25, 0.3) is 11.3 Å². The minimum atomic E-state index is -0.177. The Kier molecular flexibility index (Phi) is 1.85. The predicted octanol–water partition coefficient (Wildman–Crippen LogP) is 0.921. The first-order valence-electron chi connectivity index (χ1n) is 4.09. The number of H-pyrrole nitrogens is 1. The first-order chi connectivity index (χ1) is 6.68. The number of aromatic nitrogens is 2. The highest BCUT2D eigenvalue weighted by atomic mass is 16.5. The maximum Gasteiger partial charge on any atom is 0.248 e. The summed E-state index contributed by atoms with van der Waals surface area (Å²) in [5, 5.41) is 3.77. The number of nitrogens with one attached hydrogen (secondary N) is 1. The summed E-state index contributed by atoms with van der Waals surface area (Å²) < 4.78 is 4.81. The van der Waals surface area contributed by atoms with Crippen LogP contribution in [0.1, 0.15) is 5.56 Å². The quantitative estimate of drug-likeness (QED) is 0.701. The van der Waals surface area contributed by atoms with Crippen molar-refractivity contribution in [2.24, 2.45) is 0 Å². The molecule has 0 bridgehead atoms. The summed E-state index contributed by atoms with van der Waals surface area (Å²) in [7, 11) is 0. The van der Waals surface area contributed by atoms with E-state index in [-0.39, 0.29) is 11.4 Å². The molecule has 2 heterocycles. The van der Waals surface area contributed by atoms with E-state index in [0.717, 1.165) is 5.56 Å². The zero-order valence-corrected chi connectivity index (χ0v) is 7.57.